The summed E-state index contributed by atoms with van der Waals surface area (Å²) in [5.74, 6) is -0.273. The van der Waals surface area contributed by atoms with Gasteiger partial charge in [-0.05, 0) is 43.9 Å². The molecule has 1 atom stereocenters. The van der Waals surface area contributed by atoms with Crippen molar-refractivity contribution in [1.29, 1.82) is 0 Å². The van der Waals surface area contributed by atoms with Gasteiger partial charge in [0, 0.05) is 18.5 Å². The SMILES string of the molecule is CC[C@@H](C)n1ncc(C(=O)NCc2cccc(OCC(=O)O)c2)c1C1CC1. The van der Waals surface area contributed by atoms with E-state index >= 15 is 0 Å². The highest BCUT2D eigenvalue weighted by Crippen LogP contribution is 2.42. The monoisotopic (exact) mass is 371 g/mol. The van der Waals surface area contributed by atoms with Crippen LogP contribution in [0.4, 0.5) is 0 Å². The summed E-state index contributed by atoms with van der Waals surface area (Å²) >= 11 is 0. The first kappa shape index (κ1) is 18.9. The molecule has 7 nitrogen and oxygen atoms in total. The smallest absolute Gasteiger partial charge is 0.341 e. The molecular formula is C20H25N3O4. The molecule has 2 N–H and O–H groups in total. The second-order valence-electron chi connectivity index (χ2n) is 6.93. The quantitative estimate of drug-likeness (QED) is 0.706. The van der Waals surface area contributed by atoms with Crippen LogP contribution in [0, 0.1) is 0 Å². The van der Waals surface area contributed by atoms with E-state index in [0.717, 1.165) is 30.5 Å². The minimum absolute atomic E-state index is 0.136. The molecule has 27 heavy (non-hydrogen) atoms. The molecule has 1 aromatic carbocycles. The molecule has 3 rings (SSSR count). The van der Waals surface area contributed by atoms with Crippen LogP contribution in [0.1, 0.15) is 66.7 Å². The van der Waals surface area contributed by atoms with E-state index in [-0.39, 0.29) is 11.9 Å². The zero-order valence-corrected chi connectivity index (χ0v) is 15.6. The van der Waals surface area contributed by atoms with Gasteiger partial charge in [0.25, 0.3) is 5.91 Å². The number of aromatic nitrogens is 2. The standard InChI is InChI=1S/C20H25N3O4/c1-3-13(2)23-19(15-7-8-15)17(11-22-23)20(26)21-10-14-5-4-6-16(9-14)27-12-18(24)25/h4-6,9,11,13,15H,3,7-8,10,12H2,1-2H3,(H,21,26)(H,24,25)/t13-/m1/s1. The maximum absolute atomic E-state index is 12.7. The van der Waals surface area contributed by atoms with Crippen LogP contribution in [-0.2, 0) is 11.3 Å². The van der Waals surface area contributed by atoms with Crippen molar-refractivity contribution in [2.24, 2.45) is 0 Å². The molecule has 0 spiro atoms. The molecule has 1 amide bonds. The maximum Gasteiger partial charge on any atom is 0.341 e. The molecule has 0 unspecified atom stereocenters. The van der Waals surface area contributed by atoms with Crippen molar-refractivity contribution in [1.82, 2.24) is 15.1 Å². The van der Waals surface area contributed by atoms with Crippen molar-refractivity contribution < 1.29 is 19.4 Å². The fourth-order valence-electron chi connectivity index (χ4n) is 3.00. The lowest BCUT2D eigenvalue weighted by molar-refractivity contribution is -0.139. The van der Waals surface area contributed by atoms with Crippen molar-refractivity contribution >= 4 is 11.9 Å². The number of carbonyl (C=O) groups is 2. The number of hydrogen-bond acceptors (Lipinski definition) is 4. The summed E-state index contributed by atoms with van der Waals surface area (Å²) in [6, 6.07) is 7.32. The number of rotatable bonds is 9. The van der Waals surface area contributed by atoms with Crippen LogP contribution in [0.25, 0.3) is 0 Å². The molecule has 1 fully saturated rings. The average molecular weight is 371 g/mol. The summed E-state index contributed by atoms with van der Waals surface area (Å²) in [7, 11) is 0. The third kappa shape index (κ3) is 4.67. The summed E-state index contributed by atoms with van der Waals surface area (Å²) in [4.78, 5) is 23.3. The van der Waals surface area contributed by atoms with Crippen molar-refractivity contribution in [3.05, 3.63) is 47.3 Å². The minimum Gasteiger partial charge on any atom is -0.482 e. The predicted molar refractivity (Wildman–Crippen MR) is 99.9 cm³/mol. The van der Waals surface area contributed by atoms with Gasteiger partial charge in [0.2, 0.25) is 0 Å². The fourth-order valence-corrected chi connectivity index (χ4v) is 3.00. The first-order valence-corrected chi connectivity index (χ1v) is 9.28. The largest absolute Gasteiger partial charge is 0.482 e. The Hall–Kier alpha value is -2.83. The van der Waals surface area contributed by atoms with E-state index in [4.69, 9.17) is 9.84 Å². The third-order valence-electron chi connectivity index (χ3n) is 4.76. The van der Waals surface area contributed by atoms with Crippen molar-refractivity contribution in [3.8, 4) is 5.75 Å². The number of aliphatic carboxylic acids is 1. The molecular weight excluding hydrogens is 346 g/mol. The molecule has 1 aromatic heterocycles. The Morgan fingerprint density at radius 2 is 2.19 bits per heavy atom. The van der Waals surface area contributed by atoms with Gasteiger partial charge in [-0.2, -0.15) is 5.10 Å². The lowest BCUT2D eigenvalue weighted by Gasteiger charge is -2.14. The van der Waals surface area contributed by atoms with Crippen LogP contribution in [-0.4, -0.2) is 33.4 Å². The lowest BCUT2D eigenvalue weighted by Crippen LogP contribution is -2.24. The number of amides is 1. The zero-order chi connectivity index (χ0) is 19.4. The fraction of sp³-hybridized carbons (Fsp3) is 0.450. The van der Waals surface area contributed by atoms with E-state index in [0.29, 0.717) is 23.8 Å². The van der Waals surface area contributed by atoms with Crippen molar-refractivity contribution in [3.63, 3.8) is 0 Å². The highest BCUT2D eigenvalue weighted by molar-refractivity contribution is 5.95. The Bertz CT molecular complexity index is 826. The van der Waals surface area contributed by atoms with Crippen LogP contribution in [0.5, 0.6) is 5.75 Å². The van der Waals surface area contributed by atoms with E-state index in [1.165, 1.54) is 0 Å². The summed E-state index contributed by atoms with van der Waals surface area (Å²) in [5, 5.41) is 16.1. The minimum atomic E-state index is -1.03. The maximum atomic E-state index is 12.7. The highest BCUT2D eigenvalue weighted by atomic mass is 16.5. The molecule has 1 saturated carbocycles. The van der Waals surface area contributed by atoms with Crippen molar-refractivity contribution in [2.45, 2.75) is 51.6 Å². The van der Waals surface area contributed by atoms with E-state index in [9.17, 15) is 9.59 Å². The van der Waals surface area contributed by atoms with Crippen LogP contribution in [0.3, 0.4) is 0 Å². The van der Waals surface area contributed by atoms with E-state index < -0.39 is 12.6 Å². The number of carboxylic acids is 1. The second-order valence-corrected chi connectivity index (χ2v) is 6.93. The predicted octanol–water partition coefficient (Wildman–Crippen LogP) is 3.12. The topological polar surface area (TPSA) is 93.5 Å². The molecule has 1 aliphatic rings. The van der Waals surface area contributed by atoms with Gasteiger partial charge in [-0.25, -0.2) is 4.79 Å². The van der Waals surface area contributed by atoms with E-state index in [1.54, 1.807) is 24.4 Å². The van der Waals surface area contributed by atoms with Gasteiger partial charge in [0.15, 0.2) is 6.61 Å². The van der Waals surface area contributed by atoms with Gasteiger partial charge in [-0.15, -0.1) is 0 Å². The Morgan fingerprint density at radius 1 is 1.41 bits per heavy atom. The van der Waals surface area contributed by atoms with Gasteiger partial charge in [-0.1, -0.05) is 19.1 Å². The molecule has 0 aliphatic heterocycles. The number of nitrogens with one attached hydrogen (secondary N) is 1. The normalized spacial score (nSPS) is 14.6. The Kier molecular flexibility index (Phi) is 5.78. The lowest BCUT2D eigenvalue weighted by atomic mass is 10.1. The molecule has 2 aromatic rings. The third-order valence-corrected chi connectivity index (χ3v) is 4.76. The van der Waals surface area contributed by atoms with Gasteiger partial charge < -0.3 is 15.2 Å². The number of carbonyl (C=O) groups excluding carboxylic acids is 1. The van der Waals surface area contributed by atoms with Crippen LogP contribution in [0.2, 0.25) is 0 Å². The van der Waals surface area contributed by atoms with Gasteiger partial charge in [0.05, 0.1) is 17.5 Å². The molecule has 1 heterocycles. The highest BCUT2D eigenvalue weighted by Gasteiger charge is 2.33. The summed E-state index contributed by atoms with van der Waals surface area (Å²) < 4.78 is 7.17. The van der Waals surface area contributed by atoms with E-state index in [1.807, 2.05) is 10.7 Å². The molecule has 1 aliphatic carbocycles. The zero-order valence-electron chi connectivity index (χ0n) is 15.6. The molecule has 144 valence electrons. The van der Waals surface area contributed by atoms with Gasteiger partial charge in [0.1, 0.15) is 5.75 Å². The van der Waals surface area contributed by atoms with E-state index in [2.05, 4.69) is 24.3 Å². The summed E-state index contributed by atoms with van der Waals surface area (Å²) in [6.45, 7) is 4.17. The van der Waals surface area contributed by atoms with Crippen LogP contribution >= 0.6 is 0 Å². The number of hydrogen-bond donors (Lipinski definition) is 2. The Balaban J connectivity index is 1.67. The molecule has 0 bridgehead atoms. The average Bonchev–Trinajstić information content (AvgIpc) is 3.42. The Morgan fingerprint density at radius 3 is 2.85 bits per heavy atom. The summed E-state index contributed by atoms with van der Waals surface area (Å²) in [5.41, 5.74) is 2.53. The Labute approximate surface area is 158 Å². The van der Waals surface area contributed by atoms with Gasteiger partial charge in [-0.3, -0.25) is 9.48 Å². The van der Waals surface area contributed by atoms with Crippen LogP contribution < -0.4 is 10.1 Å². The molecule has 7 heteroatoms. The number of benzene rings is 1. The first-order valence-electron chi connectivity index (χ1n) is 9.28. The number of ether oxygens (including phenoxy) is 1. The number of nitrogens with zero attached hydrogens (tertiary/aromatic N) is 2. The van der Waals surface area contributed by atoms with Gasteiger partial charge >= 0.3 is 5.97 Å². The number of carboxylic acid groups (broad SMARTS) is 1. The summed E-state index contributed by atoms with van der Waals surface area (Å²) in [6.07, 6.45) is 4.84. The molecule has 0 radical (unpaired) electrons. The first-order chi connectivity index (χ1) is 13.0. The second kappa shape index (κ2) is 8.24. The van der Waals surface area contributed by atoms with Crippen molar-refractivity contribution in [2.75, 3.05) is 6.61 Å². The molecule has 0 saturated heterocycles. The van der Waals surface area contributed by atoms with Crippen LogP contribution in [0.15, 0.2) is 30.5 Å².